The van der Waals surface area contributed by atoms with E-state index < -0.39 is 23.1 Å². The second-order valence-electron chi connectivity index (χ2n) is 4.28. The van der Waals surface area contributed by atoms with Gasteiger partial charge in [0.25, 0.3) is 5.91 Å². The number of hydrogen-bond acceptors (Lipinski definition) is 1. The van der Waals surface area contributed by atoms with Crippen LogP contribution in [0.25, 0.3) is 0 Å². The van der Waals surface area contributed by atoms with Crippen LogP contribution in [0.2, 0.25) is 10.0 Å². The topological polar surface area (TPSA) is 29.1 Å². The van der Waals surface area contributed by atoms with Gasteiger partial charge in [0, 0.05) is 9.50 Å². The minimum absolute atomic E-state index is 0.180. The predicted octanol–water partition coefficient (Wildman–Crippen LogP) is 5.59. The number of rotatable bonds is 2. The molecule has 1 amide bonds. The van der Waals surface area contributed by atoms with Crippen LogP contribution in [-0.2, 0) is 0 Å². The number of carbonyl (C=O) groups is 1. The molecule has 0 radical (unpaired) electrons. The molecule has 21 heavy (non-hydrogen) atoms. The van der Waals surface area contributed by atoms with Gasteiger partial charge < -0.3 is 5.32 Å². The summed E-state index contributed by atoms with van der Waals surface area (Å²) in [5, 5.41) is 2.95. The van der Waals surface area contributed by atoms with Gasteiger partial charge in [-0.25, -0.2) is 8.78 Å². The lowest BCUT2D eigenvalue weighted by molar-refractivity contribution is 0.101. The Balaban J connectivity index is 2.37. The highest BCUT2D eigenvalue weighted by atomic mass is 79.9. The van der Waals surface area contributed by atoms with Crippen LogP contribution >= 0.6 is 39.1 Å². The van der Waals surface area contributed by atoms with E-state index in [-0.39, 0.29) is 15.2 Å². The Morgan fingerprint density at radius 2 is 1.67 bits per heavy atom. The van der Waals surface area contributed by atoms with Gasteiger partial charge >= 0.3 is 0 Å². The zero-order valence-electron chi connectivity index (χ0n) is 10.6. The van der Waals surface area contributed by atoms with E-state index in [9.17, 15) is 13.6 Å². The minimum Gasteiger partial charge on any atom is -0.320 e. The molecule has 0 aliphatic heterocycles. The van der Waals surface area contributed by atoms with Crippen molar-refractivity contribution in [1.82, 2.24) is 0 Å². The molecule has 0 aliphatic carbocycles. The van der Waals surface area contributed by atoms with E-state index in [1.165, 1.54) is 6.07 Å². The van der Waals surface area contributed by atoms with E-state index in [2.05, 4.69) is 21.2 Å². The summed E-state index contributed by atoms with van der Waals surface area (Å²) < 4.78 is 27.6. The van der Waals surface area contributed by atoms with Crippen LogP contribution < -0.4 is 5.32 Å². The molecule has 2 nitrogen and oxygen atoms in total. The Morgan fingerprint density at radius 3 is 2.24 bits per heavy atom. The highest BCUT2D eigenvalue weighted by Crippen LogP contribution is 2.29. The van der Waals surface area contributed by atoms with Crippen LogP contribution in [0.15, 0.2) is 28.7 Å². The lowest BCUT2D eigenvalue weighted by atomic mass is 10.1. The quantitative estimate of drug-likeness (QED) is 0.706. The maximum Gasteiger partial charge on any atom is 0.261 e. The van der Waals surface area contributed by atoms with Crippen molar-refractivity contribution in [3.05, 3.63) is 61.5 Å². The lowest BCUT2D eigenvalue weighted by Crippen LogP contribution is -2.16. The first-order valence-corrected chi connectivity index (χ1v) is 7.26. The third-order valence-electron chi connectivity index (χ3n) is 2.73. The molecule has 0 bridgehead atoms. The number of halogens is 5. The first-order chi connectivity index (χ1) is 9.79. The summed E-state index contributed by atoms with van der Waals surface area (Å²) >= 11 is 14.8. The Kier molecular flexibility index (Phi) is 4.86. The fraction of sp³-hybridized carbons (Fsp3) is 0.0714. The number of aryl methyl sites for hydroxylation is 1. The van der Waals surface area contributed by atoms with Gasteiger partial charge in [0.1, 0.15) is 17.2 Å². The minimum atomic E-state index is -0.978. The predicted molar refractivity (Wildman–Crippen MR) is 83.2 cm³/mol. The zero-order valence-corrected chi connectivity index (χ0v) is 13.7. The molecule has 110 valence electrons. The Hall–Kier alpha value is -1.17. The number of anilines is 1. The van der Waals surface area contributed by atoms with Gasteiger partial charge in [0.15, 0.2) is 0 Å². The van der Waals surface area contributed by atoms with Crippen molar-refractivity contribution in [2.45, 2.75) is 6.92 Å². The molecule has 0 heterocycles. The van der Waals surface area contributed by atoms with Crippen molar-refractivity contribution in [2.75, 3.05) is 5.32 Å². The van der Waals surface area contributed by atoms with Crippen LogP contribution in [-0.4, -0.2) is 5.91 Å². The van der Waals surface area contributed by atoms with Crippen molar-refractivity contribution in [2.24, 2.45) is 0 Å². The molecule has 0 aliphatic rings. The van der Waals surface area contributed by atoms with Gasteiger partial charge in [0.2, 0.25) is 0 Å². The molecule has 0 atom stereocenters. The molecular weight excluding hydrogens is 387 g/mol. The highest BCUT2D eigenvalue weighted by molar-refractivity contribution is 9.10. The molecule has 0 unspecified atom stereocenters. The number of carbonyl (C=O) groups excluding carboxylic acids is 1. The second kappa shape index (κ2) is 6.30. The van der Waals surface area contributed by atoms with Gasteiger partial charge in [0.05, 0.1) is 10.7 Å². The fourth-order valence-corrected chi connectivity index (χ4v) is 2.52. The molecule has 2 rings (SSSR count). The number of benzene rings is 2. The van der Waals surface area contributed by atoms with E-state index in [0.717, 1.165) is 17.7 Å². The second-order valence-corrected chi connectivity index (χ2v) is 6.01. The smallest absolute Gasteiger partial charge is 0.261 e. The summed E-state index contributed by atoms with van der Waals surface area (Å²) in [5.41, 5.74) is 0.214. The summed E-state index contributed by atoms with van der Waals surface area (Å²) in [5.74, 6) is -2.90. The average Bonchev–Trinajstić information content (AvgIpc) is 2.34. The Labute approximate surface area is 138 Å². The normalized spacial score (nSPS) is 10.6. The molecule has 7 heteroatoms. The van der Waals surface area contributed by atoms with Gasteiger partial charge in [-0.1, -0.05) is 39.1 Å². The molecule has 0 spiro atoms. The van der Waals surface area contributed by atoms with Crippen LogP contribution in [0.1, 0.15) is 15.9 Å². The van der Waals surface area contributed by atoms with E-state index in [1.54, 1.807) is 13.0 Å². The van der Waals surface area contributed by atoms with E-state index in [0.29, 0.717) is 5.02 Å². The summed E-state index contributed by atoms with van der Waals surface area (Å²) in [4.78, 5) is 12.0. The first kappa shape index (κ1) is 16.2. The molecule has 2 aromatic carbocycles. The van der Waals surface area contributed by atoms with Crippen molar-refractivity contribution in [3.63, 3.8) is 0 Å². The van der Waals surface area contributed by atoms with Crippen LogP contribution in [0.5, 0.6) is 0 Å². The molecule has 0 aromatic heterocycles. The summed E-state index contributed by atoms with van der Waals surface area (Å²) in [6, 6.07) is 4.98. The van der Waals surface area contributed by atoms with Crippen molar-refractivity contribution in [1.29, 1.82) is 0 Å². The molecule has 2 aromatic rings. The van der Waals surface area contributed by atoms with Crippen LogP contribution in [0, 0.1) is 18.6 Å². The summed E-state index contributed by atoms with van der Waals surface area (Å²) in [7, 11) is 0. The van der Waals surface area contributed by atoms with Crippen LogP contribution in [0.3, 0.4) is 0 Å². The Morgan fingerprint density at radius 1 is 1.10 bits per heavy atom. The van der Waals surface area contributed by atoms with Crippen molar-refractivity contribution >= 4 is 50.7 Å². The largest absolute Gasteiger partial charge is 0.320 e. The van der Waals surface area contributed by atoms with E-state index in [4.69, 9.17) is 23.2 Å². The fourth-order valence-electron chi connectivity index (χ4n) is 1.69. The maximum absolute atomic E-state index is 13.7. The van der Waals surface area contributed by atoms with Crippen molar-refractivity contribution in [3.8, 4) is 0 Å². The number of nitrogens with one attached hydrogen (secondary N) is 1. The van der Waals surface area contributed by atoms with Crippen molar-refractivity contribution < 1.29 is 13.6 Å². The Bertz CT molecular complexity index is 714. The van der Waals surface area contributed by atoms with Gasteiger partial charge in [-0.15, -0.1) is 0 Å². The standard InChI is InChI=1S/C14H8BrCl2F2NO/c1-6-2-9(17)12(5-8(6)16)20-14(21)13-10(18)3-7(15)4-11(13)19/h2-5H,1H3,(H,20,21). The summed E-state index contributed by atoms with van der Waals surface area (Å²) in [6.45, 7) is 1.74. The molecular formula is C14H8BrCl2F2NO. The lowest BCUT2D eigenvalue weighted by Gasteiger charge is -2.10. The summed E-state index contributed by atoms with van der Waals surface area (Å²) in [6.07, 6.45) is 0. The SMILES string of the molecule is Cc1cc(Cl)c(NC(=O)c2c(F)cc(Br)cc2F)cc1Cl. The zero-order chi connectivity index (χ0) is 15.7. The highest BCUT2D eigenvalue weighted by Gasteiger charge is 2.19. The average molecular weight is 395 g/mol. The first-order valence-electron chi connectivity index (χ1n) is 5.71. The monoisotopic (exact) mass is 393 g/mol. The van der Waals surface area contributed by atoms with Gasteiger partial charge in [-0.3, -0.25) is 4.79 Å². The van der Waals surface area contributed by atoms with E-state index in [1.807, 2.05) is 0 Å². The molecule has 0 fully saturated rings. The third kappa shape index (κ3) is 3.54. The number of amides is 1. The third-order valence-corrected chi connectivity index (χ3v) is 3.91. The van der Waals surface area contributed by atoms with Crippen LogP contribution in [0.4, 0.5) is 14.5 Å². The molecule has 0 saturated carbocycles. The number of hydrogen-bond donors (Lipinski definition) is 1. The van der Waals surface area contributed by atoms with Gasteiger partial charge in [-0.05, 0) is 36.8 Å². The maximum atomic E-state index is 13.7. The molecule has 0 saturated heterocycles. The van der Waals surface area contributed by atoms with Gasteiger partial charge in [-0.2, -0.15) is 0 Å². The molecule has 1 N–H and O–H groups in total. The van der Waals surface area contributed by atoms with E-state index >= 15 is 0 Å².